The average Bonchev–Trinajstić information content (AvgIpc) is 2.57. The van der Waals surface area contributed by atoms with E-state index in [-0.39, 0.29) is 30.6 Å². The predicted molar refractivity (Wildman–Crippen MR) is 99.7 cm³/mol. The molecule has 0 aromatic heterocycles. The number of ether oxygens (including phenoxy) is 1. The molecule has 0 saturated carbocycles. The highest BCUT2D eigenvalue weighted by Crippen LogP contribution is 2.16. The van der Waals surface area contributed by atoms with Crippen LogP contribution < -0.4 is 15.4 Å². The molecule has 0 heterocycles. The molecule has 26 heavy (non-hydrogen) atoms. The van der Waals surface area contributed by atoms with Gasteiger partial charge >= 0.3 is 0 Å². The lowest BCUT2D eigenvalue weighted by Crippen LogP contribution is -2.16. The van der Waals surface area contributed by atoms with Crippen LogP contribution in [0.15, 0.2) is 48.5 Å². The maximum Gasteiger partial charge on any atom is 0.227 e. The van der Waals surface area contributed by atoms with Crippen LogP contribution in [0.5, 0.6) is 5.75 Å². The summed E-state index contributed by atoms with van der Waals surface area (Å²) in [5.41, 5.74) is 1.29. The zero-order chi connectivity index (χ0) is 18.9. The van der Waals surface area contributed by atoms with Crippen LogP contribution in [0, 0.1) is 11.7 Å². The first-order chi connectivity index (χ1) is 12.4. The summed E-state index contributed by atoms with van der Waals surface area (Å²) in [7, 11) is 0. The van der Waals surface area contributed by atoms with E-state index in [1.165, 1.54) is 12.1 Å². The Labute approximate surface area is 152 Å². The van der Waals surface area contributed by atoms with Gasteiger partial charge in [-0.05, 0) is 42.3 Å². The fraction of sp³-hybridized carbons (Fsp3) is 0.300. The Bertz CT molecular complexity index is 745. The molecule has 0 aliphatic rings. The fourth-order valence-corrected chi connectivity index (χ4v) is 2.26. The van der Waals surface area contributed by atoms with Gasteiger partial charge in [0.15, 0.2) is 11.6 Å². The number of halogens is 1. The van der Waals surface area contributed by atoms with Crippen LogP contribution in [0.3, 0.4) is 0 Å². The van der Waals surface area contributed by atoms with Crippen LogP contribution in [-0.4, -0.2) is 18.4 Å². The summed E-state index contributed by atoms with van der Waals surface area (Å²) in [6, 6.07) is 12.9. The van der Waals surface area contributed by atoms with Gasteiger partial charge in [-0.3, -0.25) is 9.59 Å². The second-order valence-electron chi connectivity index (χ2n) is 6.30. The third kappa shape index (κ3) is 6.55. The van der Waals surface area contributed by atoms with Crippen LogP contribution in [0.25, 0.3) is 0 Å². The number of hydrogen-bond acceptors (Lipinski definition) is 3. The van der Waals surface area contributed by atoms with Crippen molar-refractivity contribution in [2.45, 2.75) is 26.7 Å². The van der Waals surface area contributed by atoms with Crippen molar-refractivity contribution >= 4 is 23.2 Å². The molecule has 2 aromatic rings. The molecular formula is C20H23FN2O3. The number of carbonyl (C=O) groups is 2. The Morgan fingerprint density at radius 2 is 1.54 bits per heavy atom. The SMILES string of the molecule is CC(C)CC(=O)Nc1ccc(NC(=O)CCOc2ccccc2F)cc1. The third-order valence-corrected chi connectivity index (χ3v) is 3.47. The second kappa shape index (κ2) is 9.56. The quantitative estimate of drug-likeness (QED) is 0.742. The highest BCUT2D eigenvalue weighted by atomic mass is 19.1. The number of rotatable bonds is 8. The van der Waals surface area contributed by atoms with Gasteiger partial charge in [0.05, 0.1) is 13.0 Å². The van der Waals surface area contributed by atoms with E-state index in [1.807, 2.05) is 13.8 Å². The molecule has 5 nitrogen and oxygen atoms in total. The molecular weight excluding hydrogens is 335 g/mol. The van der Waals surface area contributed by atoms with E-state index >= 15 is 0 Å². The van der Waals surface area contributed by atoms with Gasteiger partial charge in [-0.1, -0.05) is 26.0 Å². The molecule has 0 unspecified atom stereocenters. The van der Waals surface area contributed by atoms with Crippen LogP contribution >= 0.6 is 0 Å². The van der Waals surface area contributed by atoms with E-state index in [1.54, 1.807) is 36.4 Å². The number of nitrogens with one attached hydrogen (secondary N) is 2. The first-order valence-electron chi connectivity index (χ1n) is 8.51. The van der Waals surface area contributed by atoms with E-state index < -0.39 is 5.82 Å². The van der Waals surface area contributed by atoms with Crippen molar-refractivity contribution in [2.24, 2.45) is 5.92 Å². The Kier molecular flexibility index (Phi) is 7.14. The Morgan fingerprint density at radius 3 is 2.12 bits per heavy atom. The van der Waals surface area contributed by atoms with Gasteiger partial charge in [-0.2, -0.15) is 0 Å². The van der Waals surface area contributed by atoms with Crippen molar-refractivity contribution in [1.29, 1.82) is 0 Å². The van der Waals surface area contributed by atoms with E-state index in [9.17, 15) is 14.0 Å². The van der Waals surface area contributed by atoms with Crippen LogP contribution in [0.1, 0.15) is 26.7 Å². The summed E-state index contributed by atoms with van der Waals surface area (Å²) in [6.45, 7) is 4.04. The van der Waals surface area contributed by atoms with Crippen LogP contribution in [0.2, 0.25) is 0 Å². The molecule has 2 aromatic carbocycles. The highest BCUT2D eigenvalue weighted by molar-refractivity contribution is 5.93. The molecule has 6 heteroatoms. The van der Waals surface area contributed by atoms with Gasteiger partial charge < -0.3 is 15.4 Å². The van der Waals surface area contributed by atoms with E-state index in [0.717, 1.165) is 0 Å². The maximum atomic E-state index is 13.4. The van der Waals surface area contributed by atoms with E-state index in [2.05, 4.69) is 10.6 Å². The molecule has 2 amide bonds. The highest BCUT2D eigenvalue weighted by Gasteiger charge is 2.07. The summed E-state index contributed by atoms with van der Waals surface area (Å²) in [5, 5.41) is 5.53. The number of benzene rings is 2. The molecule has 0 aliphatic heterocycles. The number of para-hydroxylation sites is 1. The molecule has 0 bridgehead atoms. The van der Waals surface area contributed by atoms with Crippen molar-refractivity contribution in [3.05, 3.63) is 54.3 Å². The number of amides is 2. The molecule has 0 fully saturated rings. The van der Waals surface area contributed by atoms with E-state index in [4.69, 9.17) is 4.74 Å². The summed E-state index contributed by atoms with van der Waals surface area (Å²) in [6.07, 6.45) is 0.557. The fourth-order valence-electron chi connectivity index (χ4n) is 2.26. The van der Waals surface area contributed by atoms with Crippen molar-refractivity contribution in [1.82, 2.24) is 0 Å². The normalized spacial score (nSPS) is 10.5. The minimum atomic E-state index is -0.456. The molecule has 0 saturated heterocycles. The minimum absolute atomic E-state index is 0.0397. The van der Waals surface area contributed by atoms with Crippen molar-refractivity contribution in [3.8, 4) is 5.75 Å². The van der Waals surface area contributed by atoms with Crippen molar-refractivity contribution < 1.29 is 18.7 Å². The van der Waals surface area contributed by atoms with Gasteiger partial charge in [0, 0.05) is 17.8 Å². The molecule has 0 radical (unpaired) electrons. The molecule has 0 spiro atoms. The first-order valence-corrected chi connectivity index (χ1v) is 8.51. The van der Waals surface area contributed by atoms with Gasteiger partial charge in [0.2, 0.25) is 11.8 Å². The zero-order valence-corrected chi connectivity index (χ0v) is 14.9. The Hall–Kier alpha value is -2.89. The number of carbonyl (C=O) groups excluding carboxylic acids is 2. The summed E-state index contributed by atoms with van der Waals surface area (Å²) >= 11 is 0. The third-order valence-electron chi connectivity index (χ3n) is 3.47. The van der Waals surface area contributed by atoms with Crippen LogP contribution in [0.4, 0.5) is 15.8 Å². The zero-order valence-electron chi connectivity index (χ0n) is 14.9. The maximum absolute atomic E-state index is 13.4. The minimum Gasteiger partial charge on any atom is -0.490 e. The molecule has 0 aliphatic carbocycles. The lowest BCUT2D eigenvalue weighted by Gasteiger charge is -2.10. The summed E-state index contributed by atoms with van der Waals surface area (Å²) < 4.78 is 18.7. The molecule has 0 atom stereocenters. The number of hydrogen-bond donors (Lipinski definition) is 2. The van der Waals surface area contributed by atoms with Gasteiger partial charge in [0.1, 0.15) is 0 Å². The molecule has 2 N–H and O–H groups in total. The average molecular weight is 358 g/mol. The molecule has 138 valence electrons. The number of anilines is 2. The van der Waals surface area contributed by atoms with Crippen LogP contribution in [-0.2, 0) is 9.59 Å². The topological polar surface area (TPSA) is 67.4 Å². The largest absolute Gasteiger partial charge is 0.490 e. The summed E-state index contributed by atoms with van der Waals surface area (Å²) in [4.78, 5) is 23.6. The van der Waals surface area contributed by atoms with Crippen molar-refractivity contribution in [3.63, 3.8) is 0 Å². The van der Waals surface area contributed by atoms with Gasteiger partial charge in [-0.25, -0.2) is 4.39 Å². The smallest absolute Gasteiger partial charge is 0.227 e. The predicted octanol–water partition coefficient (Wildman–Crippen LogP) is 4.22. The van der Waals surface area contributed by atoms with E-state index in [0.29, 0.717) is 23.7 Å². The lowest BCUT2D eigenvalue weighted by molar-refractivity contribution is -0.117. The monoisotopic (exact) mass is 358 g/mol. The van der Waals surface area contributed by atoms with Crippen molar-refractivity contribution in [2.75, 3.05) is 17.2 Å². The van der Waals surface area contributed by atoms with Gasteiger partial charge in [0.25, 0.3) is 0 Å². The Morgan fingerprint density at radius 1 is 0.962 bits per heavy atom. The first kappa shape index (κ1) is 19.4. The standard InChI is InChI=1S/C20H23FN2O3/c1-14(2)13-20(25)23-16-9-7-15(8-10-16)22-19(24)11-12-26-18-6-4-3-5-17(18)21/h3-10,14H,11-13H2,1-2H3,(H,22,24)(H,23,25). The second-order valence-corrected chi connectivity index (χ2v) is 6.30. The summed E-state index contributed by atoms with van der Waals surface area (Å²) in [5.74, 6) is -0.315. The Balaban J connectivity index is 1.76. The lowest BCUT2D eigenvalue weighted by atomic mass is 10.1. The molecule has 2 rings (SSSR count). The van der Waals surface area contributed by atoms with Gasteiger partial charge in [-0.15, -0.1) is 0 Å².